The van der Waals surface area contributed by atoms with Crippen molar-refractivity contribution >= 4 is 5.91 Å². The Morgan fingerprint density at radius 1 is 1.18 bits per heavy atom. The van der Waals surface area contributed by atoms with Crippen molar-refractivity contribution in [2.24, 2.45) is 17.8 Å². The zero-order valence-electron chi connectivity index (χ0n) is 15.9. The van der Waals surface area contributed by atoms with E-state index in [4.69, 9.17) is 4.74 Å². The summed E-state index contributed by atoms with van der Waals surface area (Å²) >= 11 is 0. The van der Waals surface area contributed by atoms with E-state index < -0.39 is 30.1 Å². The minimum Gasteiger partial charge on any atom is -0.493 e. The lowest BCUT2D eigenvalue weighted by Gasteiger charge is -2.34. The van der Waals surface area contributed by atoms with E-state index in [9.17, 15) is 18.0 Å². The van der Waals surface area contributed by atoms with Crippen LogP contribution in [0.25, 0.3) is 0 Å². The molecule has 2 atom stereocenters. The molecule has 4 nitrogen and oxygen atoms in total. The summed E-state index contributed by atoms with van der Waals surface area (Å²) in [6.07, 6.45) is 3.18. The Morgan fingerprint density at radius 3 is 2.50 bits per heavy atom. The van der Waals surface area contributed by atoms with Gasteiger partial charge < -0.3 is 15.0 Å². The smallest absolute Gasteiger partial charge is 0.227 e. The third-order valence-electron chi connectivity index (χ3n) is 6.36. The third-order valence-corrected chi connectivity index (χ3v) is 6.36. The highest BCUT2D eigenvalue weighted by Crippen LogP contribution is 2.49. The number of nitrogens with one attached hydrogen (secondary N) is 1. The van der Waals surface area contributed by atoms with Crippen LogP contribution in [-0.2, 0) is 11.2 Å². The van der Waals surface area contributed by atoms with Gasteiger partial charge in [-0.1, -0.05) is 0 Å². The van der Waals surface area contributed by atoms with Gasteiger partial charge in [0.05, 0.1) is 26.1 Å². The predicted octanol–water partition coefficient (Wildman–Crippen LogP) is 3.09. The van der Waals surface area contributed by atoms with Gasteiger partial charge in [-0.3, -0.25) is 4.79 Å². The number of likely N-dealkylation sites (tertiary alicyclic amines) is 1. The molecule has 0 aromatic heterocycles. The number of hydrogen-bond acceptors (Lipinski definition) is 3. The SMILES string of the molecule is O=C(Cc1c(F)cc(OCC[C@@H]2C[C@@H]2C2CCNCC2)cc1F)N1CC(F)C1. The average molecular weight is 396 g/mol. The van der Waals surface area contributed by atoms with Crippen LogP contribution in [-0.4, -0.2) is 49.8 Å². The number of carbonyl (C=O) groups excluding carboxylic acids is 1. The maximum atomic E-state index is 14.3. The normalized spacial score (nSPS) is 25.5. The van der Waals surface area contributed by atoms with E-state index in [1.165, 1.54) is 24.2 Å². The Bertz CT molecular complexity index is 695. The highest BCUT2D eigenvalue weighted by Gasteiger charge is 2.42. The largest absolute Gasteiger partial charge is 0.493 e. The number of halogens is 3. The monoisotopic (exact) mass is 396 g/mol. The molecule has 3 aliphatic rings. The minimum atomic E-state index is -1.03. The van der Waals surface area contributed by atoms with Crippen LogP contribution in [0.1, 0.15) is 31.2 Å². The summed E-state index contributed by atoms with van der Waals surface area (Å²) in [5.41, 5.74) is -0.284. The third kappa shape index (κ3) is 4.45. The number of ether oxygens (including phenoxy) is 1. The van der Waals surface area contributed by atoms with Crippen LogP contribution in [0.4, 0.5) is 13.2 Å². The van der Waals surface area contributed by atoms with Crippen LogP contribution < -0.4 is 10.1 Å². The van der Waals surface area contributed by atoms with Crippen molar-refractivity contribution < 1.29 is 22.7 Å². The molecule has 0 unspecified atom stereocenters. The number of nitrogens with zero attached hydrogens (tertiary/aromatic N) is 1. The number of benzene rings is 1. The number of carbonyl (C=O) groups is 1. The molecule has 2 saturated heterocycles. The number of alkyl halides is 1. The molecule has 1 aromatic rings. The van der Waals surface area contributed by atoms with Gasteiger partial charge in [-0.05, 0) is 56.5 Å². The molecule has 4 rings (SSSR count). The molecule has 0 bridgehead atoms. The van der Waals surface area contributed by atoms with E-state index in [0.717, 1.165) is 43.5 Å². The molecule has 7 heteroatoms. The minimum absolute atomic E-state index is 0.00277. The summed E-state index contributed by atoms with van der Waals surface area (Å²) in [4.78, 5) is 13.2. The van der Waals surface area contributed by atoms with E-state index in [1.54, 1.807) is 0 Å². The van der Waals surface area contributed by atoms with Gasteiger partial charge in [-0.25, -0.2) is 13.2 Å². The van der Waals surface area contributed by atoms with E-state index >= 15 is 0 Å². The Kier molecular flexibility index (Phi) is 5.80. The van der Waals surface area contributed by atoms with Crippen molar-refractivity contribution in [2.75, 3.05) is 32.8 Å². The Balaban J connectivity index is 1.25. The van der Waals surface area contributed by atoms with Crippen molar-refractivity contribution in [3.8, 4) is 5.75 Å². The highest BCUT2D eigenvalue weighted by atomic mass is 19.1. The fraction of sp³-hybridized carbons (Fsp3) is 0.667. The average Bonchev–Trinajstić information content (AvgIpc) is 3.42. The molecule has 1 saturated carbocycles. The lowest BCUT2D eigenvalue weighted by molar-refractivity contribution is -0.137. The topological polar surface area (TPSA) is 41.6 Å². The molecule has 1 amide bonds. The molecular formula is C21H27F3N2O2. The fourth-order valence-electron chi connectivity index (χ4n) is 4.50. The van der Waals surface area contributed by atoms with Crippen LogP contribution in [0, 0.1) is 29.4 Å². The summed E-state index contributed by atoms with van der Waals surface area (Å²) in [5.74, 6) is 0.344. The van der Waals surface area contributed by atoms with Crippen molar-refractivity contribution in [1.29, 1.82) is 0 Å². The van der Waals surface area contributed by atoms with Crippen LogP contribution in [0.2, 0.25) is 0 Å². The zero-order valence-corrected chi connectivity index (χ0v) is 15.9. The summed E-state index contributed by atoms with van der Waals surface area (Å²) in [5, 5.41) is 3.38. The first-order chi connectivity index (χ1) is 13.5. The Labute approximate surface area is 163 Å². The van der Waals surface area contributed by atoms with E-state index in [2.05, 4.69) is 5.32 Å². The maximum Gasteiger partial charge on any atom is 0.227 e. The van der Waals surface area contributed by atoms with E-state index in [1.807, 2.05) is 0 Å². The molecular weight excluding hydrogens is 369 g/mol. The summed E-state index contributed by atoms with van der Waals surface area (Å²) in [6, 6.07) is 2.27. The molecule has 3 fully saturated rings. The van der Waals surface area contributed by atoms with Gasteiger partial charge in [0.15, 0.2) is 0 Å². The molecule has 0 radical (unpaired) electrons. The predicted molar refractivity (Wildman–Crippen MR) is 98.8 cm³/mol. The molecule has 2 heterocycles. The van der Waals surface area contributed by atoms with Gasteiger partial charge in [0.25, 0.3) is 0 Å². The number of amides is 1. The van der Waals surface area contributed by atoms with Gasteiger partial charge in [-0.15, -0.1) is 0 Å². The van der Waals surface area contributed by atoms with Crippen LogP contribution in [0.3, 0.4) is 0 Å². The quantitative estimate of drug-likeness (QED) is 0.770. The number of rotatable bonds is 7. The van der Waals surface area contributed by atoms with Gasteiger partial charge >= 0.3 is 0 Å². The second-order valence-electron chi connectivity index (χ2n) is 8.32. The van der Waals surface area contributed by atoms with Crippen molar-refractivity contribution in [3.05, 3.63) is 29.3 Å². The molecule has 2 aliphatic heterocycles. The first-order valence-corrected chi connectivity index (χ1v) is 10.2. The standard InChI is InChI=1S/C21H27F3N2O2/c22-15-11-26(12-15)21(27)10-18-19(23)8-16(9-20(18)24)28-6-3-14-7-17(14)13-1-4-25-5-2-13/h8-9,13-15,17,25H,1-7,10-12H2/t14-,17-/m1/s1. The Morgan fingerprint density at radius 2 is 1.86 bits per heavy atom. The molecule has 154 valence electrons. The molecule has 1 aliphatic carbocycles. The maximum absolute atomic E-state index is 14.3. The van der Waals surface area contributed by atoms with E-state index in [-0.39, 0.29) is 24.4 Å². The molecule has 1 N–H and O–H groups in total. The molecule has 28 heavy (non-hydrogen) atoms. The second kappa shape index (κ2) is 8.31. The van der Waals surface area contributed by atoms with Crippen LogP contribution in [0.5, 0.6) is 5.75 Å². The fourth-order valence-corrected chi connectivity index (χ4v) is 4.50. The van der Waals surface area contributed by atoms with Crippen molar-refractivity contribution in [3.63, 3.8) is 0 Å². The zero-order chi connectivity index (χ0) is 19.7. The van der Waals surface area contributed by atoms with E-state index in [0.29, 0.717) is 12.5 Å². The highest BCUT2D eigenvalue weighted by molar-refractivity contribution is 5.79. The first-order valence-electron chi connectivity index (χ1n) is 10.2. The van der Waals surface area contributed by atoms with Crippen molar-refractivity contribution in [1.82, 2.24) is 10.2 Å². The van der Waals surface area contributed by atoms with Crippen LogP contribution in [0.15, 0.2) is 12.1 Å². The molecule has 1 aromatic carbocycles. The molecule has 0 spiro atoms. The summed E-state index contributed by atoms with van der Waals surface area (Å²) in [7, 11) is 0. The van der Waals surface area contributed by atoms with Crippen molar-refractivity contribution in [2.45, 2.75) is 38.3 Å². The number of hydrogen-bond donors (Lipinski definition) is 1. The summed E-state index contributed by atoms with van der Waals surface area (Å²) in [6.45, 7) is 2.65. The summed E-state index contributed by atoms with van der Waals surface area (Å²) < 4.78 is 46.9. The Hall–Kier alpha value is -1.76. The lowest BCUT2D eigenvalue weighted by Crippen LogP contribution is -2.52. The second-order valence-corrected chi connectivity index (χ2v) is 8.32. The van der Waals surface area contributed by atoms with Gasteiger partial charge in [0, 0.05) is 17.7 Å². The lowest BCUT2D eigenvalue weighted by atomic mass is 9.91. The van der Waals surface area contributed by atoms with Gasteiger partial charge in [-0.2, -0.15) is 0 Å². The number of piperidine rings is 1. The van der Waals surface area contributed by atoms with Gasteiger partial charge in [0.1, 0.15) is 23.6 Å². The van der Waals surface area contributed by atoms with Crippen LogP contribution >= 0.6 is 0 Å². The first kappa shape index (κ1) is 19.6. The van der Waals surface area contributed by atoms with Gasteiger partial charge in [0.2, 0.25) is 5.91 Å².